The second kappa shape index (κ2) is 7.93. The third-order valence-electron chi connectivity index (χ3n) is 3.41. The van der Waals surface area contributed by atoms with Crippen LogP contribution in [0.5, 0.6) is 0 Å². The summed E-state index contributed by atoms with van der Waals surface area (Å²) in [4.78, 5) is 21.4. The quantitative estimate of drug-likeness (QED) is 0.703. The van der Waals surface area contributed by atoms with Crippen molar-refractivity contribution in [2.24, 2.45) is 0 Å². The van der Waals surface area contributed by atoms with Crippen molar-refractivity contribution in [2.75, 3.05) is 6.61 Å². The first-order valence-corrected chi connectivity index (χ1v) is 8.10. The van der Waals surface area contributed by atoms with Crippen LogP contribution in [0.4, 0.5) is 0 Å². The van der Waals surface area contributed by atoms with Crippen LogP contribution in [-0.4, -0.2) is 27.1 Å². The number of hydrogen-bond donors (Lipinski definition) is 0. The highest BCUT2D eigenvalue weighted by Crippen LogP contribution is 2.19. The van der Waals surface area contributed by atoms with Gasteiger partial charge >= 0.3 is 5.97 Å². The summed E-state index contributed by atoms with van der Waals surface area (Å²) in [5, 5.41) is 0. The molecule has 114 valence electrons. The van der Waals surface area contributed by atoms with Gasteiger partial charge in [0.15, 0.2) is 0 Å². The molecule has 2 aromatic rings. The van der Waals surface area contributed by atoms with E-state index in [9.17, 15) is 4.79 Å². The van der Waals surface area contributed by atoms with Crippen LogP contribution in [0, 0.1) is 6.92 Å². The molecule has 2 heterocycles. The third-order valence-corrected chi connectivity index (χ3v) is 4.40. The number of hydrogen-bond acceptors (Lipinski definition) is 5. The molecule has 2 aromatic heterocycles. The number of nitrogens with zero attached hydrogens (tertiary/aromatic N) is 3. The van der Waals surface area contributed by atoms with Crippen molar-refractivity contribution in [1.82, 2.24) is 14.5 Å². The molecular formula is C15H21N3O2S. The minimum absolute atomic E-state index is 0.134. The Hall–Kier alpha value is -1.69. The zero-order valence-electron chi connectivity index (χ0n) is 12.5. The second-order valence-corrected chi connectivity index (χ2v) is 5.93. The molecule has 0 amide bonds. The van der Waals surface area contributed by atoms with Crippen LogP contribution in [0.2, 0.25) is 0 Å². The summed E-state index contributed by atoms with van der Waals surface area (Å²) in [6.07, 6.45) is 8.50. The summed E-state index contributed by atoms with van der Waals surface area (Å²) < 4.78 is 7.34. The summed E-state index contributed by atoms with van der Waals surface area (Å²) in [5.41, 5.74) is 2.85. The molecule has 0 fully saturated rings. The van der Waals surface area contributed by atoms with Crippen molar-refractivity contribution in [1.29, 1.82) is 0 Å². The van der Waals surface area contributed by atoms with E-state index in [0.29, 0.717) is 13.0 Å². The molecular weight excluding hydrogens is 286 g/mol. The van der Waals surface area contributed by atoms with E-state index in [4.69, 9.17) is 4.74 Å². The van der Waals surface area contributed by atoms with Gasteiger partial charge in [-0.25, -0.2) is 9.97 Å². The molecule has 0 aromatic carbocycles. The summed E-state index contributed by atoms with van der Waals surface area (Å²) in [6, 6.07) is 0.134. The van der Waals surface area contributed by atoms with Crippen molar-refractivity contribution < 1.29 is 9.53 Å². The van der Waals surface area contributed by atoms with E-state index in [0.717, 1.165) is 25.0 Å². The SMILES string of the molecule is CCC[C@@H](CC(=O)OCCc1scnc1C)n1ccnc1. The fraction of sp³-hybridized carbons (Fsp3) is 0.533. The number of esters is 1. The number of rotatable bonds is 8. The van der Waals surface area contributed by atoms with Crippen LogP contribution < -0.4 is 0 Å². The zero-order valence-corrected chi connectivity index (χ0v) is 13.3. The van der Waals surface area contributed by atoms with E-state index in [1.807, 2.05) is 23.2 Å². The Labute approximate surface area is 129 Å². The molecule has 21 heavy (non-hydrogen) atoms. The standard InChI is InChI=1S/C15H21N3O2S/c1-3-4-13(18-7-6-16-10-18)9-15(19)20-8-5-14-12(2)17-11-21-14/h6-7,10-11,13H,3-5,8-9H2,1-2H3/t13-/m0/s1. The maximum atomic E-state index is 12.0. The minimum atomic E-state index is -0.149. The van der Waals surface area contributed by atoms with Crippen LogP contribution in [0.15, 0.2) is 24.2 Å². The topological polar surface area (TPSA) is 57.0 Å². The van der Waals surface area contributed by atoms with Gasteiger partial charge in [-0.15, -0.1) is 11.3 Å². The lowest BCUT2D eigenvalue weighted by Crippen LogP contribution is -2.16. The number of aromatic nitrogens is 3. The van der Waals surface area contributed by atoms with E-state index < -0.39 is 0 Å². The van der Waals surface area contributed by atoms with E-state index in [1.54, 1.807) is 23.9 Å². The molecule has 0 spiro atoms. The Morgan fingerprint density at radius 3 is 3.00 bits per heavy atom. The first-order valence-electron chi connectivity index (χ1n) is 7.22. The number of ether oxygens (including phenoxy) is 1. The fourth-order valence-electron chi connectivity index (χ4n) is 2.25. The molecule has 0 aliphatic heterocycles. The van der Waals surface area contributed by atoms with Gasteiger partial charge in [0.2, 0.25) is 0 Å². The van der Waals surface area contributed by atoms with Gasteiger partial charge in [-0.3, -0.25) is 4.79 Å². The molecule has 0 saturated carbocycles. The highest BCUT2D eigenvalue weighted by Gasteiger charge is 2.15. The number of carbonyl (C=O) groups is 1. The van der Waals surface area contributed by atoms with Gasteiger partial charge in [0.25, 0.3) is 0 Å². The van der Waals surface area contributed by atoms with Gasteiger partial charge in [-0.1, -0.05) is 13.3 Å². The maximum absolute atomic E-state index is 12.0. The van der Waals surface area contributed by atoms with E-state index in [1.165, 1.54) is 4.88 Å². The number of aryl methyl sites for hydroxylation is 1. The smallest absolute Gasteiger partial charge is 0.307 e. The van der Waals surface area contributed by atoms with Gasteiger partial charge < -0.3 is 9.30 Å². The molecule has 1 atom stereocenters. The zero-order chi connectivity index (χ0) is 15.1. The molecule has 0 unspecified atom stereocenters. The number of carbonyl (C=O) groups excluding carboxylic acids is 1. The molecule has 0 radical (unpaired) electrons. The molecule has 0 bridgehead atoms. The van der Waals surface area contributed by atoms with Crippen molar-refractivity contribution in [3.63, 3.8) is 0 Å². The summed E-state index contributed by atoms with van der Waals surface area (Å²) in [6.45, 7) is 4.51. The highest BCUT2D eigenvalue weighted by molar-refractivity contribution is 7.09. The lowest BCUT2D eigenvalue weighted by molar-refractivity contribution is -0.144. The summed E-state index contributed by atoms with van der Waals surface area (Å²) in [5.74, 6) is -0.149. The summed E-state index contributed by atoms with van der Waals surface area (Å²) >= 11 is 1.61. The second-order valence-electron chi connectivity index (χ2n) is 4.99. The predicted molar refractivity (Wildman–Crippen MR) is 82.3 cm³/mol. The molecule has 0 aliphatic rings. The predicted octanol–water partition coefficient (Wildman–Crippen LogP) is 3.17. The van der Waals surface area contributed by atoms with Gasteiger partial charge in [-0.2, -0.15) is 0 Å². The summed E-state index contributed by atoms with van der Waals surface area (Å²) in [7, 11) is 0. The number of thiazole rings is 1. The van der Waals surface area contributed by atoms with E-state index in [-0.39, 0.29) is 12.0 Å². The molecule has 0 saturated heterocycles. The van der Waals surface area contributed by atoms with Crippen molar-refractivity contribution >= 4 is 17.3 Å². The molecule has 6 heteroatoms. The van der Waals surface area contributed by atoms with Crippen LogP contribution in [0.1, 0.15) is 42.8 Å². The van der Waals surface area contributed by atoms with Crippen molar-refractivity contribution in [3.8, 4) is 0 Å². The van der Waals surface area contributed by atoms with Crippen LogP contribution in [0.3, 0.4) is 0 Å². The van der Waals surface area contributed by atoms with Crippen molar-refractivity contribution in [2.45, 2.75) is 45.6 Å². The number of imidazole rings is 1. The third kappa shape index (κ3) is 4.67. The van der Waals surface area contributed by atoms with E-state index >= 15 is 0 Å². The average Bonchev–Trinajstić information content (AvgIpc) is 3.11. The molecule has 0 aliphatic carbocycles. The molecule has 5 nitrogen and oxygen atoms in total. The van der Waals surface area contributed by atoms with Gasteiger partial charge in [0.1, 0.15) is 0 Å². The Morgan fingerprint density at radius 2 is 2.38 bits per heavy atom. The van der Waals surface area contributed by atoms with Crippen molar-refractivity contribution in [3.05, 3.63) is 34.8 Å². The Balaban J connectivity index is 1.78. The van der Waals surface area contributed by atoms with Crippen LogP contribution >= 0.6 is 11.3 Å². The van der Waals surface area contributed by atoms with Crippen LogP contribution in [-0.2, 0) is 16.0 Å². The largest absolute Gasteiger partial charge is 0.465 e. The molecule has 2 rings (SSSR count). The van der Waals surface area contributed by atoms with Gasteiger partial charge in [0, 0.05) is 29.7 Å². The Bertz CT molecular complexity index is 551. The lowest BCUT2D eigenvalue weighted by Gasteiger charge is -2.16. The van der Waals surface area contributed by atoms with Gasteiger partial charge in [-0.05, 0) is 13.3 Å². The van der Waals surface area contributed by atoms with Crippen LogP contribution in [0.25, 0.3) is 0 Å². The fourth-order valence-corrected chi connectivity index (χ4v) is 3.01. The maximum Gasteiger partial charge on any atom is 0.307 e. The van der Waals surface area contributed by atoms with E-state index in [2.05, 4.69) is 16.9 Å². The lowest BCUT2D eigenvalue weighted by atomic mass is 10.1. The Morgan fingerprint density at radius 1 is 1.52 bits per heavy atom. The first-order chi connectivity index (χ1) is 10.2. The average molecular weight is 307 g/mol. The normalized spacial score (nSPS) is 12.3. The first kappa shape index (κ1) is 15.7. The monoisotopic (exact) mass is 307 g/mol. The molecule has 0 N–H and O–H groups in total. The van der Waals surface area contributed by atoms with Gasteiger partial charge in [0.05, 0.1) is 30.6 Å². The minimum Gasteiger partial charge on any atom is -0.465 e. The highest BCUT2D eigenvalue weighted by atomic mass is 32.1. The Kier molecular flexibility index (Phi) is 5.92.